The summed E-state index contributed by atoms with van der Waals surface area (Å²) in [4.78, 5) is 2.37. The predicted molar refractivity (Wildman–Crippen MR) is 270 cm³/mol. The molecule has 1 aliphatic rings. The van der Waals surface area contributed by atoms with Crippen LogP contribution >= 0.6 is 11.3 Å². The van der Waals surface area contributed by atoms with Crippen molar-refractivity contribution < 1.29 is 4.74 Å². The van der Waals surface area contributed by atoms with Crippen LogP contribution < -0.4 is 9.64 Å². The van der Waals surface area contributed by atoms with Gasteiger partial charge in [0, 0.05) is 42.7 Å². The first-order chi connectivity index (χ1) is 31.3. The van der Waals surface area contributed by atoms with Crippen LogP contribution in [-0.2, 0) is 0 Å². The first kappa shape index (κ1) is 35.7. The molecule has 0 N–H and O–H groups in total. The second-order valence-corrected chi connectivity index (χ2v) is 17.4. The van der Waals surface area contributed by atoms with E-state index in [2.05, 4.69) is 229 Å². The smallest absolute Gasteiger partial charge is 0.159 e. The highest BCUT2D eigenvalue weighted by Crippen LogP contribution is 2.53. The van der Waals surface area contributed by atoms with Gasteiger partial charge in [-0.2, -0.15) is 0 Å². The van der Waals surface area contributed by atoms with E-state index >= 15 is 0 Å². The van der Waals surface area contributed by atoms with Crippen molar-refractivity contribution in [1.29, 1.82) is 0 Å². The van der Waals surface area contributed by atoms with Gasteiger partial charge in [-0.15, -0.1) is 11.3 Å². The van der Waals surface area contributed by atoms with Gasteiger partial charge in [-0.05, 0) is 120 Å². The van der Waals surface area contributed by atoms with Crippen LogP contribution in [0.1, 0.15) is 0 Å². The lowest BCUT2D eigenvalue weighted by atomic mass is 9.93. The van der Waals surface area contributed by atoms with Gasteiger partial charge in [0.15, 0.2) is 5.75 Å². The summed E-state index contributed by atoms with van der Waals surface area (Å²) in [5.74, 6) is 1.66. The lowest BCUT2D eigenvalue weighted by Crippen LogP contribution is -2.11. The molecule has 0 aliphatic carbocycles. The van der Waals surface area contributed by atoms with E-state index in [0.29, 0.717) is 0 Å². The summed E-state index contributed by atoms with van der Waals surface area (Å²) in [6.45, 7) is 0. The molecule has 3 heteroatoms. The molecule has 2 heterocycles. The number of para-hydroxylation sites is 3. The molecule has 0 radical (unpaired) electrons. The Morgan fingerprint density at radius 1 is 0.286 bits per heavy atom. The summed E-state index contributed by atoms with van der Waals surface area (Å²) in [5, 5.41) is 14.6. The molecule has 1 aliphatic heterocycles. The number of anilines is 3. The first-order valence-corrected chi connectivity index (χ1v) is 22.3. The quantitative estimate of drug-likeness (QED) is 0.176. The monoisotopic (exact) mass is 819 g/mol. The molecule has 0 saturated heterocycles. The normalized spacial score (nSPS) is 11.9. The standard InChI is InChI=1S/C60H37NOS/c1-2-17-38(18-3-1)61(56-30-16-29-51-45-24-9-8-23-44(45)49-27-12-14-31-57(49)62-60(51)56)39-33-34-48-52(35-39)46-25-10-6-21-42(46)40-19-4-5-20-41(40)43-22-7-11-26-47(43)53-36-55-50-28-13-15-32-58(50)63-59(55)37-54(48)53/h1-37H. The Hall–Kier alpha value is -7.98. The molecule has 0 fully saturated rings. The van der Waals surface area contributed by atoms with Crippen molar-refractivity contribution in [3.05, 3.63) is 224 Å². The van der Waals surface area contributed by atoms with Crippen molar-refractivity contribution in [2.75, 3.05) is 4.90 Å². The SMILES string of the molecule is c1ccc(N(c2ccc3c(c2)c2ccccc2c2ccccc2c2ccccc2c2cc4c(cc32)sc2ccccc24)c2cccc3c2Oc2ccccc2-c2ccccc2-3)cc1. The van der Waals surface area contributed by atoms with Crippen molar-refractivity contribution in [2.24, 2.45) is 0 Å². The van der Waals surface area contributed by atoms with E-state index in [-0.39, 0.29) is 0 Å². The van der Waals surface area contributed by atoms with Gasteiger partial charge in [0.1, 0.15) is 5.75 Å². The van der Waals surface area contributed by atoms with Crippen molar-refractivity contribution in [3.8, 4) is 33.8 Å². The van der Waals surface area contributed by atoms with Crippen LogP contribution in [0.15, 0.2) is 224 Å². The van der Waals surface area contributed by atoms with E-state index in [4.69, 9.17) is 4.74 Å². The Bertz CT molecular complexity index is 3900. The van der Waals surface area contributed by atoms with Crippen LogP contribution in [0, 0.1) is 0 Å². The van der Waals surface area contributed by atoms with Gasteiger partial charge >= 0.3 is 0 Å². The van der Waals surface area contributed by atoms with E-state index in [1.807, 2.05) is 11.3 Å². The van der Waals surface area contributed by atoms with Crippen LogP contribution in [0.3, 0.4) is 0 Å². The zero-order valence-electron chi connectivity index (χ0n) is 34.1. The van der Waals surface area contributed by atoms with Gasteiger partial charge in [0.2, 0.25) is 0 Å². The summed E-state index contributed by atoms with van der Waals surface area (Å²) in [5.41, 5.74) is 7.49. The molecule has 12 aromatic rings. The van der Waals surface area contributed by atoms with Gasteiger partial charge in [0.05, 0.1) is 5.69 Å². The molecule has 13 rings (SSSR count). The molecule has 0 spiro atoms. The minimum absolute atomic E-state index is 0.821. The molecular formula is C60H37NOS. The number of benzene rings is 10. The molecule has 2 nitrogen and oxygen atoms in total. The largest absolute Gasteiger partial charge is 0.454 e. The maximum atomic E-state index is 7.12. The Morgan fingerprint density at radius 3 is 1.46 bits per heavy atom. The van der Waals surface area contributed by atoms with Crippen LogP contribution in [-0.4, -0.2) is 0 Å². The van der Waals surface area contributed by atoms with Gasteiger partial charge in [-0.1, -0.05) is 170 Å². The van der Waals surface area contributed by atoms with Crippen LogP contribution in [0.25, 0.3) is 96.3 Å². The number of nitrogens with zero attached hydrogens (tertiary/aromatic N) is 1. The second-order valence-electron chi connectivity index (χ2n) is 16.3. The van der Waals surface area contributed by atoms with Gasteiger partial charge in [0.25, 0.3) is 0 Å². The third-order valence-electron chi connectivity index (χ3n) is 12.9. The first-order valence-electron chi connectivity index (χ1n) is 21.5. The van der Waals surface area contributed by atoms with Gasteiger partial charge in [-0.3, -0.25) is 0 Å². The zero-order valence-corrected chi connectivity index (χ0v) is 34.9. The fraction of sp³-hybridized carbons (Fsp3) is 0. The van der Waals surface area contributed by atoms with E-state index in [1.54, 1.807) is 0 Å². The van der Waals surface area contributed by atoms with Gasteiger partial charge < -0.3 is 9.64 Å². The average molecular weight is 820 g/mol. The highest BCUT2D eigenvalue weighted by molar-refractivity contribution is 7.25. The lowest BCUT2D eigenvalue weighted by molar-refractivity contribution is 0.489. The minimum atomic E-state index is 0.821. The van der Waals surface area contributed by atoms with Crippen LogP contribution in [0.2, 0.25) is 0 Å². The maximum absolute atomic E-state index is 7.12. The molecule has 11 aromatic carbocycles. The molecule has 0 atom stereocenters. The van der Waals surface area contributed by atoms with Crippen LogP contribution in [0.4, 0.5) is 17.1 Å². The summed E-state index contributed by atoms with van der Waals surface area (Å²) in [6.07, 6.45) is 0. The molecule has 63 heavy (non-hydrogen) atoms. The molecule has 1 aromatic heterocycles. The topological polar surface area (TPSA) is 12.5 Å². The number of thiophene rings is 1. The maximum Gasteiger partial charge on any atom is 0.159 e. The third-order valence-corrected chi connectivity index (χ3v) is 14.0. The van der Waals surface area contributed by atoms with E-state index < -0.39 is 0 Å². The van der Waals surface area contributed by atoms with Crippen molar-refractivity contribution >= 4 is 102 Å². The van der Waals surface area contributed by atoms with Crippen molar-refractivity contribution in [3.63, 3.8) is 0 Å². The fourth-order valence-corrected chi connectivity index (χ4v) is 11.2. The van der Waals surface area contributed by atoms with E-state index in [9.17, 15) is 0 Å². The summed E-state index contributed by atoms with van der Waals surface area (Å²) in [7, 11) is 0. The molecule has 294 valence electrons. The second kappa shape index (κ2) is 14.3. The van der Waals surface area contributed by atoms with Crippen molar-refractivity contribution in [2.45, 2.75) is 0 Å². The molecule has 0 saturated carbocycles. The predicted octanol–water partition coefficient (Wildman–Crippen LogP) is 17.9. The number of ether oxygens (including phenoxy) is 1. The van der Waals surface area contributed by atoms with E-state index in [1.165, 1.54) is 74.0 Å². The van der Waals surface area contributed by atoms with Crippen LogP contribution in [0.5, 0.6) is 11.5 Å². The average Bonchev–Trinajstić information content (AvgIpc) is 3.64. The summed E-state index contributed by atoms with van der Waals surface area (Å²) < 4.78 is 9.70. The number of fused-ring (bicyclic) bond motifs is 18. The molecular weight excluding hydrogens is 783 g/mol. The third kappa shape index (κ3) is 5.64. The zero-order chi connectivity index (χ0) is 41.4. The highest BCUT2D eigenvalue weighted by atomic mass is 32.1. The Labute approximate surface area is 368 Å². The number of hydrogen-bond donors (Lipinski definition) is 0. The minimum Gasteiger partial charge on any atom is -0.454 e. The lowest BCUT2D eigenvalue weighted by Gasteiger charge is -2.28. The fourth-order valence-electron chi connectivity index (χ4n) is 10.1. The number of hydrogen-bond acceptors (Lipinski definition) is 3. The van der Waals surface area contributed by atoms with E-state index in [0.717, 1.165) is 50.8 Å². The number of rotatable bonds is 3. The van der Waals surface area contributed by atoms with Crippen molar-refractivity contribution in [1.82, 2.24) is 0 Å². The Balaban J connectivity index is 1.19. The molecule has 0 amide bonds. The summed E-state index contributed by atoms with van der Waals surface area (Å²) >= 11 is 1.87. The Kier molecular flexibility index (Phi) is 8.12. The summed E-state index contributed by atoms with van der Waals surface area (Å²) in [6, 6.07) is 81.9. The molecule has 0 unspecified atom stereocenters. The Morgan fingerprint density at radius 2 is 0.778 bits per heavy atom. The molecule has 0 bridgehead atoms. The highest BCUT2D eigenvalue weighted by Gasteiger charge is 2.26. The van der Waals surface area contributed by atoms with Gasteiger partial charge in [-0.25, -0.2) is 0 Å².